The number of thioether (sulfide) groups is 1. The predicted molar refractivity (Wildman–Crippen MR) is 61.5 cm³/mol. The zero-order valence-corrected chi connectivity index (χ0v) is 9.56. The van der Waals surface area contributed by atoms with E-state index in [-0.39, 0.29) is 5.82 Å². The van der Waals surface area contributed by atoms with E-state index in [1.165, 1.54) is 6.07 Å². The predicted octanol–water partition coefficient (Wildman–Crippen LogP) is 2.93. The fourth-order valence-corrected chi connectivity index (χ4v) is 3.07. The highest BCUT2D eigenvalue weighted by molar-refractivity contribution is 7.99. The molecule has 3 heteroatoms. The molecule has 0 amide bonds. The molecule has 2 atom stereocenters. The van der Waals surface area contributed by atoms with E-state index in [4.69, 9.17) is 0 Å². The second kappa shape index (κ2) is 4.14. The van der Waals surface area contributed by atoms with Gasteiger partial charge in [-0.15, -0.1) is 0 Å². The van der Waals surface area contributed by atoms with E-state index in [1.54, 1.807) is 30.0 Å². The fraction of sp³-hybridized carbons (Fsp3) is 0.500. The van der Waals surface area contributed by atoms with Gasteiger partial charge in [0, 0.05) is 16.6 Å². The van der Waals surface area contributed by atoms with E-state index < -0.39 is 5.60 Å². The first-order chi connectivity index (χ1) is 7.12. The number of benzene rings is 1. The normalized spacial score (nSPS) is 31.5. The third-order valence-corrected chi connectivity index (χ3v) is 4.40. The molecular weight excluding hydrogens is 211 g/mol. The summed E-state index contributed by atoms with van der Waals surface area (Å²) in [5.74, 6) is 0.296. The third kappa shape index (κ3) is 2.18. The SMILES string of the molecule is C[C@H]1CC[C@@](O)(c2ccccc2F)CS1. The topological polar surface area (TPSA) is 20.2 Å². The summed E-state index contributed by atoms with van der Waals surface area (Å²) in [5, 5.41) is 10.9. The van der Waals surface area contributed by atoms with Crippen LogP contribution in [0, 0.1) is 5.82 Å². The number of rotatable bonds is 1. The Morgan fingerprint density at radius 1 is 1.47 bits per heavy atom. The minimum Gasteiger partial charge on any atom is -0.384 e. The van der Waals surface area contributed by atoms with Crippen molar-refractivity contribution in [2.45, 2.75) is 30.6 Å². The van der Waals surface area contributed by atoms with Crippen molar-refractivity contribution in [1.29, 1.82) is 0 Å². The monoisotopic (exact) mass is 226 g/mol. The van der Waals surface area contributed by atoms with Crippen molar-refractivity contribution >= 4 is 11.8 Å². The molecule has 1 saturated heterocycles. The summed E-state index contributed by atoms with van der Waals surface area (Å²) in [6, 6.07) is 6.53. The van der Waals surface area contributed by atoms with Gasteiger partial charge >= 0.3 is 0 Å². The molecule has 0 saturated carbocycles. The van der Waals surface area contributed by atoms with E-state index in [0.717, 1.165) is 6.42 Å². The summed E-state index contributed by atoms with van der Waals surface area (Å²) in [5.41, 5.74) is -0.521. The highest BCUT2D eigenvalue weighted by atomic mass is 32.2. The average Bonchev–Trinajstić information content (AvgIpc) is 2.23. The molecule has 0 aliphatic carbocycles. The van der Waals surface area contributed by atoms with Crippen molar-refractivity contribution in [2.75, 3.05) is 5.75 Å². The highest BCUT2D eigenvalue weighted by Gasteiger charge is 2.35. The first kappa shape index (κ1) is 11.0. The second-order valence-electron chi connectivity index (χ2n) is 4.17. The molecule has 0 spiro atoms. The molecule has 1 aromatic carbocycles. The van der Waals surface area contributed by atoms with Gasteiger partial charge in [0.25, 0.3) is 0 Å². The molecular formula is C12H15FOS. The van der Waals surface area contributed by atoms with E-state index in [1.807, 2.05) is 0 Å². The van der Waals surface area contributed by atoms with Crippen LogP contribution >= 0.6 is 11.8 Å². The van der Waals surface area contributed by atoms with Crippen LogP contribution in [0.15, 0.2) is 24.3 Å². The van der Waals surface area contributed by atoms with Gasteiger partial charge in [-0.3, -0.25) is 0 Å². The van der Waals surface area contributed by atoms with Crippen LogP contribution in [0.5, 0.6) is 0 Å². The Balaban J connectivity index is 2.26. The van der Waals surface area contributed by atoms with E-state index in [0.29, 0.717) is 23.0 Å². The first-order valence-corrected chi connectivity index (χ1v) is 6.26. The minimum absolute atomic E-state index is 0.296. The van der Waals surface area contributed by atoms with Gasteiger partial charge < -0.3 is 5.11 Å². The van der Waals surface area contributed by atoms with Crippen LogP contribution in [0.4, 0.5) is 4.39 Å². The van der Waals surface area contributed by atoms with Gasteiger partial charge in [0.05, 0.1) is 0 Å². The highest BCUT2D eigenvalue weighted by Crippen LogP contribution is 2.39. The van der Waals surface area contributed by atoms with Crippen molar-refractivity contribution in [2.24, 2.45) is 0 Å². The molecule has 0 unspecified atom stereocenters. The number of hydrogen-bond acceptors (Lipinski definition) is 2. The molecule has 1 N–H and O–H groups in total. The Morgan fingerprint density at radius 3 is 2.80 bits per heavy atom. The van der Waals surface area contributed by atoms with Gasteiger partial charge in [0.2, 0.25) is 0 Å². The van der Waals surface area contributed by atoms with Crippen LogP contribution < -0.4 is 0 Å². The Labute approximate surface area is 93.7 Å². The average molecular weight is 226 g/mol. The maximum absolute atomic E-state index is 13.5. The lowest BCUT2D eigenvalue weighted by Gasteiger charge is -2.35. The molecule has 2 rings (SSSR count). The Morgan fingerprint density at radius 2 is 2.20 bits per heavy atom. The molecule has 1 aliphatic rings. The van der Waals surface area contributed by atoms with Gasteiger partial charge in [-0.05, 0) is 18.9 Å². The molecule has 0 aromatic heterocycles. The molecule has 0 radical (unpaired) electrons. The summed E-state index contributed by atoms with van der Waals surface area (Å²) >= 11 is 1.71. The van der Waals surface area contributed by atoms with Gasteiger partial charge in [-0.2, -0.15) is 11.8 Å². The van der Waals surface area contributed by atoms with E-state index in [2.05, 4.69) is 6.92 Å². The summed E-state index contributed by atoms with van der Waals surface area (Å²) in [7, 11) is 0. The number of aliphatic hydroxyl groups is 1. The fourth-order valence-electron chi connectivity index (χ4n) is 1.93. The summed E-state index contributed by atoms with van der Waals surface area (Å²) in [4.78, 5) is 0. The van der Waals surface area contributed by atoms with Crippen LogP contribution in [0.1, 0.15) is 25.3 Å². The Bertz CT molecular complexity index is 345. The molecule has 1 aliphatic heterocycles. The van der Waals surface area contributed by atoms with Crippen LogP contribution in [0.25, 0.3) is 0 Å². The van der Waals surface area contributed by atoms with Gasteiger partial charge in [-0.25, -0.2) is 4.39 Å². The minimum atomic E-state index is -0.970. The van der Waals surface area contributed by atoms with E-state index in [9.17, 15) is 9.50 Å². The molecule has 1 heterocycles. The standard InChI is InChI=1S/C12H15FOS/c1-9-6-7-12(14,8-15-9)10-4-2-3-5-11(10)13/h2-5,9,14H,6-8H2,1H3/t9-,12-/m0/s1. The lowest BCUT2D eigenvalue weighted by Crippen LogP contribution is -2.34. The molecule has 15 heavy (non-hydrogen) atoms. The van der Waals surface area contributed by atoms with Gasteiger partial charge in [0.15, 0.2) is 0 Å². The molecule has 1 nitrogen and oxygen atoms in total. The summed E-state index contributed by atoms with van der Waals surface area (Å²) < 4.78 is 13.5. The zero-order chi connectivity index (χ0) is 10.9. The van der Waals surface area contributed by atoms with Crippen molar-refractivity contribution in [3.05, 3.63) is 35.6 Å². The quantitative estimate of drug-likeness (QED) is 0.794. The molecule has 1 aromatic rings. The lowest BCUT2D eigenvalue weighted by molar-refractivity contribution is 0.0435. The van der Waals surface area contributed by atoms with Crippen LogP contribution in [0.2, 0.25) is 0 Å². The number of hydrogen-bond donors (Lipinski definition) is 1. The van der Waals surface area contributed by atoms with Gasteiger partial charge in [0.1, 0.15) is 11.4 Å². The van der Waals surface area contributed by atoms with Gasteiger partial charge in [-0.1, -0.05) is 25.1 Å². The summed E-state index contributed by atoms with van der Waals surface area (Å²) in [6.07, 6.45) is 1.59. The van der Waals surface area contributed by atoms with Crippen molar-refractivity contribution in [3.8, 4) is 0 Å². The van der Waals surface area contributed by atoms with Crippen LogP contribution in [-0.4, -0.2) is 16.1 Å². The van der Waals surface area contributed by atoms with Crippen molar-refractivity contribution < 1.29 is 9.50 Å². The Hall–Kier alpha value is -0.540. The van der Waals surface area contributed by atoms with Crippen molar-refractivity contribution in [3.63, 3.8) is 0 Å². The van der Waals surface area contributed by atoms with Crippen LogP contribution in [0.3, 0.4) is 0 Å². The maximum Gasteiger partial charge on any atom is 0.129 e. The summed E-state index contributed by atoms with van der Waals surface area (Å²) in [6.45, 7) is 2.14. The molecule has 82 valence electrons. The smallest absolute Gasteiger partial charge is 0.129 e. The van der Waals surface area contributed by atoms with Crippen LogP contribution in [-0.2, 0) is 5.60 Å². The first-order valence-electron chi connectivity index (χ1n) is 5.21. The lowest BCUT2D eigenvalue weighted by atomic mass is 9.89. The maximum atomic E-state index is 13.5. The largest absolute Gasteiger partial charge is 0.384 e. The van der Waals surface area contributed by atoms with E-state index >= 15 is 0 Å². The molecule has 0 bridgehead atoms. The third-order valence-electron chi connectivity index (χ3n) is 2.95. The van der Waals surface area contributed by atoms with Crippen molar-refractivity contribution in [1.82, 2.24) is 0 Å². The number of halogens is 1. The second-order valence-corrected chi connectivity index (χ2v) is 5.60. The Kier molecular flexibility index (Phi) is 3.03. The molecule has 1 fully saturated rings. The zero-order valence-electron chi connectivity index (χ0n) is 8.74.